The van der Waals surface area contributed by atoms with Gasteiger partial charge in [-0.2, -0.15) is 0 Å². The van der Waals surface area contributed by atoms with E-state index in [0.29, 0.717) is 29.9 Å². The Morgan fingerprint density at radius 3 is 2.57 bits per heavy atom. The van der Waals surface area contributed by atoms with E-state index in [4.69, 9.17) is 10.1 Å². The van der Waals surface area contributed by atoms with Crippen molar-refractivity contribution in [3.63, 3.8) is 0 Å². The molecule has 2 amide bonds. The average Bonchev–Trinajstić information content (AvgIpc) is 3.23. The topological polar surface area (TPSA) is 138 Å². The van der Waals surface area contributed by atoms with Crippen LogP contribution in [0.25, 0.3) is 0 Å². The number of nitrogens with one attached hydrogen (secondary N) is 4. The van der Waals surface area contributed by atoms with Crippen molar-refractivity contribution in [3.05, 3.63) is 57.8 Å². The van der Waals surface area contributed by atoms with Crippen LogP contribution in [0.3, 0.4) is 0 Å². The molecule has 3 rings (SSSR count). The van der Waals surface area contributed by atoms with Crippen molar-refractivity contribution in [2.24, 2.45) is 0 Å². The van der Waals surface area contributed by atoms with Crippen LogP contribution in [0.4, 0.5) is 10.5 Å². The lowest BCUT2D eigenvalue weighted by atomic mass is 10.1. The van der Waals surface area contributed by atoms with Crippen LogP contribution < -0.4 is 21.5 Å². The van der Waals surface area contributed by atoms with Gasteiger partial charge in [0.25, 0.3) is 5.56 Å². The molecular weight excluding hydrogens is 448 g/mol. The maximum Gasteiger partial charge on any atom is 0.413 e. The Labute approximate surface area is 205 Å². The number of hydrogen-bond acceptors (Lipinski definition) is 7. The molecule has 1 aromatic heterocycles. The molecule has 10 nitrogen and oxygen atoms in total. The quantitative estimate of drug-likeness (QED) is 0.353. The highest BCUT2D eigenvalue weighted by atomic mass is 16.6. The molecule has 2 atom stereocenters. The lowest BCUT2D eigenvalue weighted by Crippen LogP contribution is -2.37. The Hall–Kier alpha value is -3.69. The highest BCUT2D eigenvalue weighted by Crippen LogP contribution is 2.23. The molecule has 2 unspecified atom stereocenters. The molecule has 0 saturated heterocycles. The van der Waals surface area contributed by atoms with Crippen molar-refractivity contribution in [1.82, 2.24) is 20.2 Å². The fraction of sp³-hybridized carbons (Fsp3) is 0.480. The number of hydrogen-bond donors (Lipinski definition) is 4. The largest absolute Gasteiger partial charge is 0.444 e. The normalized spacial score (nSPS) is 15.6. The Morgan fingerprint density at radius 2 is 1.94 bits per heavy atom. The van der Waals surface area contributed by atoms with Gasteiger partial charge < -0.3 is 15.4 Å². The van der Waals surface area contributed by atoms with Crippen molar-refractivity contribution in [3.8, 4) is 0 Å². The number of carbonyl (C=O) groups is 2. The molecule has 1 aliphatic rings. The zero-order valence-electron chi connectivity index (χ0n) is 20.9. The molecule has 1 aromatic carbocycles. The standard InChI is InChI=1S/C25H34N6O4/c1-6-15(2)29-18-14-27-20-12-11-19(31(20)23(18)33)22(32)28-13-16-7-9-17(10-8-16)21(26)30-24(34)35-25(3,4)5/h7-10,14-15,19,29H,6,11-13H2,1-5H3,(H,28,32)(H2,26,30,34). The van der Waals surface area contributed by atoms with Gasteiger partial charge in [-0.3, -0.25) is 24.9 Å². The number of nitrogens with zero attached hydrogens (tertiary/aromatic N) is 2. The maximum absolute atomic E-state index is 13.0. The molecule has 0 saturated carbocycles. The first-order chi connectivity index (χ1) is 16.5. The summed E-state index contributed by atoms with van der Waals surface area (Å²) in [6, 6.07) is 6.44. The van der Waals surface area contributed by atoms with Gasteiger partial charge in [0, 0.05) is 24.6 Å². The number of carbonyl (C=O) groups excluding carboxylic acids is 2. The molecule has 0 radical (unpaired) electrons. The van der Waals surface area contributed by atoms with E-state index in [2.05, 4.69) is 20.9 Å². The molecule has 10 heteroatoms. The lowest BCUT2D eigenvalue weighted by molar-refractivity contribution is -0.124. The third-order valence-corrected chi connectivity index (χ3v) is 5.68. The zero-order chi connectivity index (χ0) is 25.8. The summed E-state index contributed by atoms with van der Waals surface area (Å²) in [4.78, 5) is 42.1. The number of amidine groups is 1. The van der Waals surface area contributed by atoms with Crippen LogP contribution in [0.5, 0.6) is 0 Å². The summed E-state index contributed by atoms with van der Waals surface area (Å²) in [5, 5.41) is 16.5. The molecular formula is C25H34N6O4. The smallest absolute Gasteiger partial charge is 0.413 e. The predicted molar refractivity (Wildman–Crippen MR) is 134 cm³/mol. The van der Waals surface area contributed by atoms with E-state index in [-0.39, 0.29) is 29.9 Å². The first-order valence-electron chi connectivity index (χ1n) is 11.8. The van der Waals surface area contributed by atoms with Gasteiger partial charge in [-0.1, -0.05) is 31.2 Å². The number of aryl methyl sites for hydroxylation is 1. The molecule has 4 N–H and O–H groups in total. The minimum Gasteiger partial charge on any atom is -0.444 e. The van der Waals surface area contributed by atoms with E-state index in [0.717, 1.165) is 12.0 Å². The van der Waals surface area contributed by atoms with Crippen molar-refractivity contribution in [2.75, 3.05) is 5.32 Å². The highest BCUT2D eigenvalue weighted by molar-refractivity contribution is 6.04. The summed E-state index contributed by atoms with van der Waals surface area (Å²) in [6.45, 7) is 9.53. The fourth-order valence-corrected chi connectivity index (χ4v) is 3.69. The third-order valence-electron chi connectivity index (χ3n) is 5.68. The summed E-state index contributed by atoms with van der Waals surface area (Å²) >= 11 is 0. The van der Waals surface area contributed by atoms with Gasteiger partial charge in [0.2, 0.25) is 5.91 Å². The summed E-state index contributed by atoms with van der Waals surface area (Å²) in [7, 11) is 0. The molecule has 0 spiro atoms. The van der Waals surface area contributed by atoms with Gasteiger partial charge >= 0.3 is 6.09 Å². The Morgan fingerprint density at radius 1 is 1.26 bits per heavy atom. The van der Waals surface area contributed by atoms with Gasteiger partial charge in [-0.05, 0) is 46.1 Å². The number of anilines is 1. The van der Waals surface area contributed by atoms with Crippen LogP contribution in [0.1, 0.15) is 70.5 Å². The van der Waals surface area contributed by atoms with Crippen molar-refractivity contribution in [1.29, 1.82) is 5.41 Å². The SMILES string of the molecule is CCC(C)Nc1cnc2n(c1=O)C(C(=O)NCc1ccc(C(=N)NC(=O)OC(C)(C)C)cc1)CC2. The maximum atomic E-state index is 13.0. The van der Waals surface area contributed by atoms with E-state index in [9.17, 15) is 14.4 Å². The van der Waals surface area contributed by atoms with Crippen molar-refractivity contribution in [2.45, 2.75) is 78.1 Å². The van der Waals surface area contributed by atoms with Gasteiger partial charge in [0.05, 0.1) is 6.20 Å². The summed E-state index contributed by atoms with van der Waals surface area (Å²) < 4.78 is 6.65. The van der Waals surface area contributed by atoms with E-state index in [1.807, 2.05) is 13.8 Å². The number of amides is 2. The molecule has 0 fully saturated rings. The van der Waals surface area contributed by atoms with E-state index < -0.39 is 17.7 Å². The number of alkyl carbamates (subject to hydrolysis) is 1. The van der Waals surface area contributed by atoms with Crippen LogP contribution in [-0.2, 0) is 22.5 Å². The number of aromatic nitrogens is 2. The Kier molecular flexibility index (Phi) is 7.93. The molecule has 35 heavy (non-hydrogen) atoms. The number of benzene rings is 1. The van der Waals surface area contributed by atoms with Gasteiger partial charge in [-0.15, -0.1) is 0 Å². The lowest BCUT2D eigenvalue weighted by Gasteiger charge is -2.19. The summed E-state index contributed by atoms with van der Waals surface area (Å²) in [5.41, 5.74) is 0.853. The van der Waals surface area contributed by atoms with Crippen LogP contribution in [0.2, 0.25) is 0 Å². The van der Waals surface area contributed by atoms with Crippen molar-refractivity contribution >= 4 is 23.5 Å². The second kappa shape index (κ2) is 10.7. The predicted octanol–water partition coefficient (Wildman–Crippen LogP) is 3.11. The van der Waals surface area contributed by atoms with Crippen LogP contribution >= 0.6 is 0 Å². The van der Waals surface area contributed by atoms with E-state index in [1.165, 1.54) is 4.57 Å². The second-order valence-electron chi connectivity index (χ2n) is 9.69. The monoisotopic (exact) mass is 482 g/mol. The summed E-state index contributed by atoms with van der Waals surface area (Å²) in [6.07, 6.45) is 2.81. The first-order valence-corrected chi connectivity index (χ1v) is 11.8. The van der Waals surface area contributed by atoms with Crippen LogP contribution in [0, 0.1) is 5.41 Å². The molecule has 188 valence electrons. The average molecular weight is 483 g/mol. The minimum absolute atomic E-state index is 0.0777. The number of rotatable bonds is 7. The molecule has 0 aliphatic carbocycles. The number of ether oxygens (including phenoxy) is 1. The van der Waals surface area contributed by atoms with Crippen LogP contribution in [0.15, 0.2) is 35.3 Å². The molecule has 1 aliphatic heterocycles. The third kappa shape index (κ3) is 6.68. The Bertz CT molecular complexity index is 1150. The highest BCUT2D eigenvalue weighted by Gasteiger charge is 2.31. The molecule has 2 aromatic rings. The minimum atomic E-state index is -0.692. The second-order valence-corrected chi connectivity index (χ2v) is 9.69. The van der Waals surface area contributed by atoms with E-state index >= 15 is 0 Å². The zero-order valence-corrected chi connectivity index (χ0v) is 20.9. The van der Waals surface area contributed by atoms with Gasteiger partial charge in [0.1, 0.15) is 29.0 Å². The van der Waals surface area contributed by atoms with E-state index in [1.54, 1.807) is 51.2 Å². The molecule has 0 bridgehead atoms. The van der Waals surface area contributed by atoms with Crippen LogP contribution in [-0.4, -0.2) is 39.0 Å². The fourth-order valence-electron chi connectivity index (χ4n) is 3.69. The van der Waals surface area contributed by atoms with Gasteiger partial charge in [-0.25, -0.2) is 9.78 Å². The first kappa shape index (κ1) is 25.9. The Balaban J connectivity index is 1.60. The van der Waals surface area contributed by atoms with Gasteiger partial charge in [0.15, 0.2) is 0 Å². The summed E-state index contributed by atoms with van der Waals surface area (Å²) in [5.74, 6) is 0.299. The molecule has 2 heterocycles. The van der Waals surface area contributed by atoms with Crippen molar-refractivity contribution < 1.29 is 14.3 Å². The number of fused-ring (bicyclic) bond motifs is 1.